The maximum absolute atomic E-state index is 14.7. The maximum Gasteiger partial charge on any atom is 0.326 e. The number of rotatable bonds is 12. The number of carboxylic acid groups (broad SMARTS) is 1. The Morgan fingerprint density at radius 3 is 1.77 bits per heavy atom. The summed E-state index contributed by atoms with van der Waals surface area (Å²) in [7, 11) is 0. The number of carboxylic acids is 1. The Morgan fingerprint density at radius 1 is 0.621 bits per heavy atom. The fourth-order valence-corrected chi connectivity index (χ4v) is 8.27. The summed E-state index contributed by atoms with van der Waals surface area (Å²) in [4.78, 5) is 84.4. The van der Waals surface area contributed by atoms with Gasteiger partial charge in [0.1, 0.15) is 41.7 Å². The van der Waals surface area contributed by atoms with E-state index in [-0.39, 0.29) is 37.9 Å². The highest BCUT2D eigenvalue weighted by Gasteiger charge is 2.33. The fourth-order valence-electron chi connectivity index (χ4n) is 7.52. The van der Waals surface area contributed by atoms with Crippen molar-refractivity contribution in [1.29, 1.82) is 0 Å². The Kier molecular flexibility index (Phi) is 15.6. The molecule has 338 valence electrons. The normalized spacial score (nSPS) is 18.7. The number of carbonyl (C=O) groups is 6. The first-order valence-electron chi connectivity index (χ1n) is 21.4. The molecule has 0 aliphatic carbocycles. The van der Waals surface area contributed by atoms with E-state index in [1.807, 2.05) is 72.1 Å². The molecule has 0 unspecified atom stereocenters. The van der Waals surface area contributed by atoms with E-state index >= 15 is 0 Å². The number of hydrogen-bond acceptors (Lipinski definition) is 9. The molecule has 3 heterocycles. The molecule has 14 nitrogen and oxygen atoms in total. The standard InChI is InChI=1S/C51H49N5O9S/c57-38-21-15-34(16-22-38)27-42-48(60)54-43(49(61)56-45(51(63)64)29-32-8-3-1-4-9-32)28-35-17-23-39(24-18-35)65-31-46(58)52-44(30-40-12-7-25-66-40)50(62)55-41(47(59)53-42)26-33-13-19-37(20-14-33)36-10-5-2-6-11-36/h1-25,41-45,57H,26-31H2,(H,52,58)(H,53,59)(H,54,60)(H,55,62)(H,56,61)(H,63,64)/t41-,42+,43+,44+,45-/m1/s1. The van der Waals surface area contributed by atoms with Crippen LogP contribution in [0.3, 0.4) is 0 Å². The van der Waals surface area contributed by atoms with E-state index in [2.05, 4.69) is 26.6 Å². The molecule has 8 rings (SSSR count). The molecule has 5 aromatic carbocycles. The number of amides is 5. The summed E-state index contributed by atoms with van der Waals surface area (Å²) < 4.78 is 5.78. The molecule has 15 heteroatoms. The van der Waals surface area contributed by atoms with Crippen molar-refractivity contribution in [1.82, 2.24) is 26.6 Å². The van der Waals surface area contributed by atoms with Gasteiger partial charge in [0.25, 0.3) is 5.91 Å². The number of aliphatic carboxylic acids is 1. The van der Waals surface area contributed by atoms with Gasteiger partial charge in [0.2, 0.25) is 23.6 Å². The van der Waals surface area contributed by atoms with E-state index < -0.39 is 72.3 Å². The Morgan fingerprint density at radius 2 is 1.18 bits per heavy atom. The largest absolute Gasteiger partial charge is 0.508 e. The van der Waals surface area contributed by atoms with Gasteiger partial charge in [-0.25, -0.2) is 4.79 Å². The quantitative estimate of drug-likeness (QED) is 0.0859. The molecular weight excluding hydrogens is 859 g/mol. The second-order valence-electron chi connectivity index (χ2n) is 16.0. The van der Waals surface area contributed by atoms with Crippen molar-refractivity contribution in [2.45, 2.75) is 62.3 Å². The van der Waals surface area contributed by atoms with Crippen LogP contribution in [-0.4, -0.2) is 82.5 Å². The predicted octanol–water partition coefficient (Wildman–Crippen LogP) is 4.54. The summed E-state index contributed by atoms with van der Waals surface area (Å²) in [5.74, 6) is -4.52. The zero-order chi connectivity index (χ0) is 46.4. The highest BCUT2D eigenvalue weighted by atomic mass is 32.1. The van der Waals surface area contributed by atoms with Gasteiger partial charge in [-0.15, -0.1) is 11.3 Å². The average Bonchev–Trinajstić information content (AvgIpc) is 3.84. The lowest BCUT2D eigenvalue weighted by molar-refractivity contribution is -0.142. The number of phenols is 1. The Hall–Kier alpha value is -7.78. The van der Waals surface area contributed by atoms with Crippen LogP contribution in [0.1, 0.15) is 27.1 Å². The van der Waals surface area contributed by atoms with Crippen molar-refractivity contribution in [2.75, 3.05) is 6.61 Å². The number of fused-ring (bicyclic) bond motifs is 16. The molecule has 2 aliphatic heterocycles. The van der Waals surface area contributed by atoms with E-state index in [0.29, 0.717) is 28.0 Å². The number of phenolic OH excluding ortho intramolecular Hbond substituents is 1. The van der Waals surface area contributed by atoms with Crippen molar-refractivity contribution in [3.8, 4) is 22.6 Å². The molecule has 0 spiro atoms. The van der Waals surface area contributed by atoms with Gasteiger partial charge >= 0.3 is 5.97 Å². The highest BCUT2D eigenvalue weighted by Crippen LogP contribution is 2.21. The smallest absolute Gasteiger partial charge is 0.326 e. The Balaban J connectivity index is 1.23. The Labute approximate surface area is 385 Å². The van der Waals surface area contributed by atoms with Crippen LogP contribution in [0.25, 0.3) is 11.1 Å². The summed E-state index contributed by atoms with van der Waals surface area (Å²) >= 11 is 1.40. The predicted molar refractivity (Wildman–Crippen MR) is 248 cm³/mol. The first kappa shape index (κ1) is 46.2. The molecule has 2 bridgehead atoms. The van der Waals surface area contributed by atoms with E-state index in [4.69, 9.17) is 4.74 Å². The summed E-state index contributed by atoms with van der Waals surface area (Å²) in [5, 5.41) is 35.9. The molecule has 0 fully saturated rings. The average molecular weight is 908 g/mol. The minimum atomic E-state index is -1.35. The van der Waals surface area contributed by atoms with Gasteiger partial charge in [0.05, 0.1) is 0 Å². The van der Waals surface area contributed by atoms with Gasteiger partial charge in [-0.2, -0.15) is 0 Å². The number of ether oxygens (including phenoxy) is 1. The van der Waals surface area contributed by atoms with Crippen LogP contribution in [-0.2, 0) is 60.9 Å². The van der Waals surface area contributed by atoms with E-state index in [1.165, 1.54) is 23.5 Å². The van der Waals surface area contributed by atoms with E-state index in [0.717, 1.165) is 16.0 Å². The van der Waals surface area contributed by atoms with Crippen LogP contribution in [0, 0.1) is 0 Å². The first-order chi connectivity index (χ1) is 31.9. The second-order valence-corrected chi connectivity index (χ2v) is 17.0. The van der Waals surface area contributed by atoms with E-state index in [1.54, 1.807) is 66.7 Å². The number of carbonyl (C=O) groups excluding carboxylic acids is 5. The maximum atomic E-state index is 14.7. The lowest BCUT2D eigenvalue weighted by Gasteiger charge is -2.27. The lowest BCUT2D eigenvalue weighted by atomic mass is 9.98. The number of nitrogens with one attached hydrogen (secondary N) is 5. The molecule has 66 heavy (non-hydrogen) atoms. The summed E-state index contributed by atoms with van der Waals surface area (Å²) in [5.41, 5.74) is 4.38. The topological polar surface area (TPSA) is 212 Å². The SMILES string of the molecule is O=C1COc2ccc(cc2)C[C@@H](C(=O)N[C@H](Cc2ccccc2)C(=O)O)NC(=O)[C@H](Cc2ccc(O)cc2)NC(=O)[C@@H](Cc2ccc(-c3ccccc3)cc2)NC(=O)[C@H](Cc2cccs2)N1. The summed E-state index contributed by atoms with van der Waals surface area (Å²) in [6.07, 6.45) is -0.128. The lowest BCUT2D eigenvalue weighted by Crippen LogP contribution is -2.60. The molecular formula is C51H49N5O9S. The van der Waals surface area contributed by atoms with Crippen LogP contribution in [0.15, 0.2) is 151 Å². The van der Waals surface area contributed by atoms with Crippen LogP contribution >= 0.6 is 11.3 Å². The fraction of sp³-hybridized carbons (Fsp3) is 0.216. The number of benzene rings is 5. The molecule has 6 aromatic rings. The molecule has 0 saturated carbocycles. The van der Waals surface area contributed by atoms with Crippen molar-refractivity contribution in [3.05, 3.63) is 178 Å². The van der Waals surface area contributed by atoms with Gasteiger partial charge in [0.15, 0.2) is 6.61 Å². The van der Waals surface area contributed by atoms with Gasteiger partial charge in [-0.1, -0.05) is 115 Å². The zero-order valence-electron chi connectivity index (χ0n) is 35.7. The van der Waals surface area contributed by atoms with Gasteiger partial charge in [-0.3, -0.25) is 24.0 Å². The Bertz CT molecular complexity index is 2590. The summed E-state index contributed by atoms with van der Waals surface area (Å²) in [6.45, 7) is -0.441. The monoisotopic (exact) mass is 907 g/mol. The van der Waals surface area contributed by atoms with Gasteiger partial charge < -0.3 is 41.5 Å². The third-order valence-electron chi connectivity index (χ3n) is 11.0. The number of hydrogen-bond donors (Lipinski definition) is 7. The first-order valence-corrected chi connectivity index (χ1v) is 22.3. The molecule has 7 N–H and O–H groups in total. The minimum Gasteiger partial charge on any atom is -0.508 e. The molecule has 5 amide bonds. The van der Waals surface area contributed by atoms with Crippen molar-refractivity contribution < 1.29 is 43.7 Å². The molecule has 2 aliphatic rings. The molecule has 0 radical (unpaired) electrons. The summed E-state index contributed by atoms with van der Waals surface area (Å²) in [6, 6.07) is 35.7. The van der Waals surface area contributed by atoms with Crippen molar-refractivity contribution >= 4 is 46.8 Å². The highest BCUT2D eigenvalue weighted by molar-refractivity contribution is 7.09. The minimum absolute atomic E-state index is 0.0139. The van der Waals surface area contributed by atoms with Gasteiger partial charge in [0, 0.05) is 37.0 Å². The van der Waals surface area contributed by atoms with Crippen LogP contribution in [0.5, 0.6) is 11.5 Å². The second kappa shape index (κ2) is 22.2. The van der Waals surface area contributed by atoms with Crippen LogP contribution in [0.4, 0.5) is 0 Å². The van der Waals surface area contributed by atoms with Crippen molar-refractivity contribution in [3.63, 3.8) is 0 Å². The molecule has 0 saturated heterocycles. The van der Waals surface area contributed by atoms with E-state index in [9.17, 15) is 39.0 Å². The third-order valence-corrected chi connectivity index (χ3v) is 11.9. The number of thiophene rings is 1. The van der Waals surface area contributed by atoms with Crippen LogP contribution in [0.2, 0.25) is 0 Å². The van der Waals surface area contributed by atoms with Gasteiger partial charge in [-0.05, 0) is 69.1 Å². The van der Waals surface area contributed by atoms with Crippen molar-refractivity contribution in [2.24, 2.45) is 0 Å². The third kappa shape index (κ3) is 13.1. The van der Waals surface area contributed by atoms with Crippen LogP contribution < -0.4 is 31.3 Å². The molecule has 1 aromatic heterocycles. The molecule has 5 atom stereocenters. The number of aromatic hydroxyl groups is 1. The zero-order valence-corrected chi connectivity index (χ0v) is 36.5.